The van der Waals surface area contributed by atoms with Gasteiger partial charge >= 0.3 is 0 Å². The molecule has 1 heterocycles. The molecule has 10 heteroatoms. The number of aliphatic hydroxyl groups is 1. The SMILES string of the molecule is CCOc1cc(C(=O)N[C@@H](Cc2ccccc2)[C@H](O)CNCc2cc(OC)cc(OC)c2)cc(N2CCCC2=O)c1.Cl. The minimum absolute atomic E-state index is 0. The van der Waals surface area contributed by atoms with Gasteiger partial charge in [0.1, 0.15) is 17.2 Å². The first-order valence-electron chi connectivity index (χ1n) is 13.9. The molecule has 1 aliphatic heterocycles. The molecule has 2 amide bonds. The number of ether oxygens (including phenoxy) is 3. The maximum atomic E-state index is 13.6. The molecule has 0 radical (unpaired) electrons. The Hall–Kier alpha value is -3.79. The number of carbonyl (C=O) groups is 2. The minimum Gasteiger partial charge on any atom is -0.497 e. The fourth-order valence-corrected chi connectivity index (χ4v) is 4.92. The molecule has 0 unspecified atom stereocenters. The van der Waals surface area contributed by atoms with Gasteiger partial charge in [0, 0.05) is 49.4 Å². The van der Waals surface area contributed by atoms with Gasteiger partial charge in [-0.3, -0.25) is 9.59 Å². The van der Waals surface area contributed by atoms with Crippen molar-refractivity contribution in [3.05, 3.63) is 83.4 Å². The zero-order valence-corrected chi connectivity index (χ0v) is 25.1. The average molecular weight is 598 g/mol. The lowest BCUT2D eigenvalue weighted by Crippen LogP contribution is -2.48. The first kappa shape index (κ1) is 32.7. The van der Waals surface area contributed by atoms with Gasteiger partial charge < -0.3 is 34.9 Å². The van der Waals surface area contributed by atoms with Crippen molar-refractivity contribution >= 4 is 29.9 Å². The zero-order valence-electron chi connectivity index (χ0n) is 24.3. The fourth-order valence-electron chi connectivity index (χ4n) is 4.92. The molecule has 1 saturated heterocycles. The van der Waals surface area contributed by atoms with Crippen LogP contribution in [0, 0.1) is 0 Å². The summed E-state index contributed by atoms with van der Waals surface area (Å²) in [7, 11) is 3.20. The van der Waals surface area contributed by atoms with E-state index in [1.54, 1.807) is 43.4 Å². The van der Waals surface area contributed by atoms with E-state index in [1.807, 2.05) is 49.4 Å². The molecule has 1 aliphatic rings. The number of hydrogen-bond donors (Lipinski definition) is 3. The molecule has 2 atom stereocenters. The lowest BCUT2D eigenvalue weighted by Gasteiger charge is -2.25. The predicted octanol–water partition coefficient (Wildman–Crippen LogP) is 4.14. The Morgan fingerprint density at radius 2 is 1.69 bits per heavy atom. The Morgan fingerprint density at radius 3 is 2.31 bits per heavy atom. The monoisotopic (exact) mass is 597 g/mol. The van der Waals surface area contributed by atoms with Crippen molar-refractivity contribution in [1.82, 2.24) is 10.6 Å². The van der Waals surface area contributed by atoms with Gasteiger partial charge in [-0.05, 0) is 55.2 Å². The highest BCUT2D eigenvalue weighted by Crippen LogP contribution is 2.28. The third-order valence-corrected chi connectivity index (χ3v) is 7.02. The second-order valence-electron chi connectivity index (χ2n) is 9.99. The van der Waals surface area contributed by atoms with E-state index >= 15 is 0 Å². The van der Waals surface area contributed by atoms with E-state index in [-0.39, 0.29) is 30.8 Å². The minimum atomic E-state index is -0.888. The molecule has 3 aromatic rings. The third kappa shape index (κ3) is 8.85. The van der Waals surface area contributed by atoms with Crippen LogP contribution < -0.4 is 29.7 Å². The van der Waals surface area contributed by atoms with Crippen LogP contribution in [0.2, 0.25) is 0 Å². The number of rotatable bonds is 14. The number of halogens is 1. The van der Waals surface area contributed by atoms with Crippen molar-refractivity contribution in [2.45, 2.75) is 44.9 Å². The lowest BCUT2D eigenvalue weighted by molar-refractivity contribution is -0.117. The van der Waals surface area contributed by atoms with E-state index in [4.69, 9.17) is 14.2 Å². The highest BCUT2D eigenvalue weighted by molar-refractivity contribution is 5.99. The highest BCUT2D eigenvalue weighted by Gasteiger charge is 2.26. The van der Waals surface area contributed by atoms with Crippen LogP contribution in [0.25, 0.3) is 0 Å². The van der Waals surface area contributed by atoms with Crippen LogP contribution in [-0.2, 0) is 17.8 Å². The highest BCUT2D eigenvalue weighted by atomic mass is 35.5. The normalized spacial score (nSPS) is 14.1. The lowest BCUT2D eigenvalue weighted by atomic mass is 10.00. The van der Waals surface area contributed by atoms with Crippen molar-refractivity contribution in [2.75, 3.05) is 38.8 Å². The molecule has 3 aromatic carbocycles. The Bertz CT molecular complexity index is 1300. The van der Waals surface area contributed by atoms with Gasteiger partial charge in [0.2, 0.25) is 5.91 Å². The van der Waals surface area contributed by atoms with Crippen molar-refractivity contribution < 1.29 is 28.9 Å². The summed E-state index contributed by atoms with van der Waals surface area (Å²) in [6.45, 7) is 3.62. The van der Waals surface area contributed by atoms with E-state index in [2.05, 4.69) is 10.6 Å². The van der Waals surface area contributed by atoms with Crippen molar-refractivity contribution in [3.8, 4) is 17.2 Å². The Labute approximate surface area is 253 Å². The number of amides is 2. The number of benzene rings is 3. The van der Waals surface area contributed by atoms with Crippen molar-refractivity contribution in [3.63, 3.8) is 0 Å². The van der Waals surface area contributed by atoms with Crippen LogP contribution >= 0.6 is 12.4 Å². The molecule has 226 valence electrons. The first-order valence-corrected chi connectivity index (χ1v) is 13.9. The molecule has 3 N–H and O–H groups in total. The van der Waals surface area contributed by atoms with Gasteiger partial charge in [0.05, 0.1) is 33.0 Å². The molecule has 9 nitrogen and oxygen atoms in total. The number of aliphatic hydroxyl groups excluding tert-OH is 1. The molecule has 4 rings (SSSR count). The van der Waals surface area contributed by atoms with Gasteiger partial charge in [-0.2, -0.15) is 0 Å². The number of methoxy groups -OCH3 is 2. The second-order valence-corrected chi connectivity index (χ2v) is 9.99. The largest absolute Gasteiger partial charge is 0.497 e. The summed E-state index contributed by atoms with van der Waals surface area (Å²) < 4.78 is 16.4. The van der Waals surface area contributed by atoms with Crippen molar-refractivity contribution in [1.29, 1.82) is 0 Å². The molecular weight excluding hydrogens is 558 g/mol. The summed E-state index contributed by atoms with van der Waals surface area (Å²) in [5.74, 6) is 1.56. The van der Waals surface area contributed by atoms with E-state index < -0.39 is 12.1 Å². The number of carbonyl (C=O) groups excluding carboxylic acids is 2. The summed E-state index contributed by atoms with van der Waals surface area (Å²) in [6.07, 6.45) is 0.813. The van der Waals surface area contributed by atoms with Crippen LogP contribution in [0.5, 0.6) is 17.2 Å². The summed E-state index contributed by atoms with van der Waals surface area (Å²) >= 11 is 0. The molecule has 0 spiro atoms. The maximum absolute atomic E-state index is 13.6. The second kappa shape index (κ2) is 16.0. The van der Waals surface area contributed by atoms with Crippen LogP contribution in [0.4, 0.5) is 5.69 Å². The Morgan fingerprint density at radius 1 is 0.976 bits per heavy atom. The molecule has 0 aromatic heterocycles. The molecular formula is C32H40ClN3O6. The van der Waals surface area contributed by atoms with Crippen LogP contribution in [0.1, 0.15) is 41.3 Å². The topological polar surface area (TPSA) is 109 Å². The van der Waals surface area contributed by atoms with E-state index in [9.17, 15) is 14.7 Å². The summed E-state index contributed by atoms with van der Waals surface area (Å²) in [5, 5.41) is 17.6. The third-order valence-electron chi connectivity index (χ3n) is 7.02. The van der Waals surface area contributed by atoms with Gasteiger partial charge in [-0.25, -0.2) is 0 Å². The molecule has 0 saturated carbocycles. The van der Waals surface area contributed by atoms with Gasteiger partial charge in [-0.15, -0.1) is 12.4 Å². The van der Waals surface area contributed by atoms with Crippen LogP contribution in [0.15, 0.2) is 66.7 Å². The Balaban J connectivity index is 0.00000484. The van der Waals surface area contributed by atoms with E-state index in [0.717, 1.165) is 17.5 Å². The van der Waals surface area contributed by atoms with Gasteiger partial charge in [-0.1, -0.05) is 30.3 Å². The van der Waals surface area contributed by atoms with E-state index in [1.165, 1.54) is 0 Å². The molecule has 1 fully saturated rings. The smallest absolute Gasteiger partial charge is 0.251 e. The number of nitrogens with one attached hydrogen (secondary N) is 2. The Kier molecular flexibility index (Phi) is 12.5. The predicted molar refractivity (Wildman–Crippen MR) is 165 cm³/mol. The number of anilines is 1. The van der Waals surface area contributed by atoms with Crippen LogP contribution in [0.3, 0.4) is 0 Å². The summed E-state index contributed by atoms with van der Waals surface area (Å²) in [5.41, 5.74) is 2.93. The number of nitrogens with zero attached hydrogens (tertiary/aromatic N) is 1. The zero-order chi connectivity index (χ0) is 29.2. The molecule has 0 bridgehead atoms. The summed E-state index contributed by atoms with van der Waals surface area (Å²) in [4.78, 5) is 27.6. The van der Waals surface area contributed by atoms with Crippen molar-refractivity contribution in [2.24, 2.45) is 0 Å². The average Bonchev–Trinajstić information content (AvgIpc) is 3.42. The van der Waals surface area contributed by atoms with E-state index in [0.29, 0.717) is 61.0 Å². The summed E-state index contributed by atoms with van der Waals surface area (Å²) in [6, 6.07) is 19.9. The number of hydrogen-bond acceptors (Lipinski definition) is 7. The molecule has 42 heavy (non-hydrogen) atoms. The van der Waals surface area contributed by atoms with Gasteiger partial charge in [0.25, 0.3) is 5.91 Å². The maximum Gasteiger partial charge on any atom is 0.251 e. The fraction of sp³-hybridized carbons (Fsp3) is 0.375. The standard InChI is InChI=1S/C32H39N3O6.ClH/c1-4-41-28-17-24(16-25(18-28)35-12-8-11-31(35)37)32(38)34-29(15-22-9-6-5-7-10-22)30(36)21-33-20-23-13-26(39-2)19-27(14-23)40-3;/h5-7,9-10,13-14,16-19,29-30,33,36H,4,8,11-12,15,20-21H2,1-3H3,(H,34,38);1H/t29-,30+;/m0./s1. The van der Waals surface area contributed by atoms with Crippen LogP contribution in [-0.4, -0.2) is 63.0 Å². The van der Waals surface area contributed by atoms with Gasteiger partial charge in [0.15, 0.2) is 0 Å². The molecule has 0 aliphatic carbocycles. The quantitative estimate of drug-likeness (QED) is 0.256. The first-order chi connectivity index (χ1) is 19.9.